The van der Waals surface area contributed by atoms with Gasteiger partial charge in [-0.3, -0.25) is 9.69 Å². The van der Waals surface area contributed by atoms with Crippen LogP contribution in [0.2, 0.25) is 0 Å². The molecule has 1 amide bonds. The van der Waals surface area contributed by atoms with Crippen LogP contribution in [0.5, 0.6) is 0 Å². The average molecular weight is 303 g/mol. The molecule has 1 N–H and O–H groups in total. The molecule has 22 heavy (non-hydrogen) atoms. The van der Waals surface area contributed by atoms with Crippen molar-refractivity contribution in [1.82, 2.24) is 15.1 Å². The molecule has 0 unspecified atom stereocenters. The van der Waals surface area contributed by atoms with Gasteiger partial charge in [-0.25, -0.2) is 0 Å². The monoisotopic (exact) mass is 303 g/mol. The van der Waals surface area contributed by atoms with Crippen molar-refractivity contribution in [3.05, 3.63) is 35.4 Å². The Bertz CT molecular complexity index is 464. The predicted molar refractivity (Wildman–Crippen MR) is 90.8 cm³/mol. The van der Waals surface area contributed by atoms with Gasteiger partial charge in [-0.05, 0) is 30.5 Å². The van der Waals surface area contributed by atoms with Crippen LogP contribution in [0.1, 0.15) is 25.0 Å². The van der Waals surface area contributed by atoms with Crippen LogP contribution in [0.4, 0.5) is 0 Å². The molecular formula is C18H29N3O. The van der Waals surface area contributed by atoms with E-state index in [9.17, 15) is 4.79 Å². The third-order valence-electron chi connectivity index (χ3n) is 3.99. The Morgan fingerprint density at radius 2 is 1.77 bits per heavy atom. The maximum Gasteiger partial charge on any atom is 0.236 e. The SMILES string of the molecule is CC(C)Cc1ccc(CN(C)CC(=O)N2CCNCC2)cc1. The summed E-state index contributed by atoms with van der Waals surface area (Å²) in [5.74, 6) is 0.922. The molecule has 2 rings (SSSR count). The second-order valence-electron chi connectivity index (χ2n) is 6.72. The summed E-state index contributed by atoms with van der Waals surface area (Å²) in [6, 6.07) is 8.79. The van der Waals surface area contributed by atoms with E-state index >= 15 is 0 Å². The van der Waals surface area contributed by atoms with Crippen molar-refractivity contribution in [3.8, 4) is 0 Å². The van der Waals surface area contributed by atoms with E-state index in [0.29, 0.717) is 12.5 Å². The number of benzene rings is 1. The van der Waals surface area contributed by atoms with Gasteiger partial charge in [-0.1, -0.05) is 38.1 Å². The molecular weight excluding hydrogens is 274 g/mol. The molecule has 1 aromatic carbocycles. The van der Waals surface area contributed by atoms with Crippen LogP contribution in [0, 0.1) is 5.92 Å². The summed E-state index contributed by atoms with van der Waals surface area (Å²) in [6.07, 6.45) is 1.12. The number of hydrogen-bond donors (Lipinski definition) is 1. The third kappa shape index (κ3) is 5.43. The fourth-order valence-corrected chi connectivity index (χ4v) is 2.86. The number of amides is 1. The first kappa shape index (κ1) is 17.0. The van der Waals surface area contributed by atoms with Crippen LogP contribution in [0.3, 0.4) is 0 Å². The summed E-state index contributed by atoms with van der Waals surface area (Å²) in [4.78, 5) is 16.3. The summed E-state index contributed by atoms with van der Waals surface area (Å²) >= 11 is 0. The number of hydrogen-bond acceptors (Lipinski definition) is 3. The summed E-state index contributed by atoms with van der Waals surface area (Å²) < 4.78 is 0. The van der Waals surface area contributed by atoms with Crippen molar-refractivity contribution in [2.24, 2.45) is 5.92 Å². The first-order valence-corrected chi connectivity index (χ1v) is 8.29. The molecule has 1 aliphatic heterocycles. The van der Waals surface area contributed by atoms with Gasteiger partial charge in [-0.2, -0.15) is 0 Å². The Morgan fingerprint density at radius 3 is 2.36 bits per heavy atom. The molecule has 0 aromatic heterocycles. The van der Waals surface area contributed by atoms with Crippen LogP contribution in [-0.4, -0.2) is 55.5 Å². The highest BCUT2D eigenvalue weighted by Crippen LogP contribution is 2.11. The Labute approximate surface area is 134 Å². The van der Waals surface area contributed by atoms with Gasteiger partial charge in [0.2, 0.25) is 5.91 Å². The Balaban J connectivity index is 1.80. The molecule has 122 valence electrons. The lowest BCUT2D eigenvalue weighted by atomic mass is 10.0. The van der Waals surface area contributed by atoms with Crippen LogP contribution in [0.25, 0.3) is 0 Å². The van der Waals surface area contributed by atoms with Gasteiger partial charge in [0.25, 0.3) is 0 Å². The van der Waals surface area contributed by atoms with Crippen molar-refractivity contribution in [2.45, 2.75) is 26.8 Å². The largest absolute Gasteiger partial charge is 0.339 e. The van der Waals surface area contributed by atoms with Crippen molar-refractivity contribution in [2.75, 3.05) is 39.8 Å². The molecule has 4 heteroatoms. The smallest absolute Gasteiger partial charge is 0.236 e. The van der Waals surface area contributed by atoms with Gasteiger partial charge in [0.1, 0.15) is 0 Å². The lowest BCUT2D eigenvalue weighted by molar-refractivity contribution is -0.132. The van der Waals surface area contributed by atoms with Gasteiger partial charge in [0, 0.05) is 32.7 Å². The number of nitrogens with one attached hydrogen (secondary N) is 1. The van der Waals surface area contributed by atoms with E-state index in [1.807, 2.05) is 11.9 Å². The number of nitrogens with zero attached hydrogens (tertiary/aromatic N) is 2. The van der Waals surface area contributed by atoms with Crippen molar-refractivity contribution < 1.29 is 4.79 Å². The van der Waals surface area contributed by atoms with Gasteiger partial charge in [0.15, 0.2) is 0 Å². The molecule has 4 nitrogen and oxygen atoms in total. The van der Waals surface area contributed by atoms with Gasteiger partial charge >= 0.3 is 0 Å². The normalized spacial score (nSPS) is 15.6. The predicted octanol–water partition coefficient (Wildman–Crippen LogP) is 1.75. The van der Waals surface area contributed by atoms with E-state index in [1.54, 1.807) is 0 Å². The molecule has 1 saturated heterocycles. The highest BCUT2D eigenvalue weighted by Gasteiger charge is 2.17. The zero-order valence-corrected chi connectivity index (χ0v) is 14.1. The van der Waals surface area contributed by atoms with E-state index < -0.39 is 0 Å². The second kappa shape index (κ2) is 8.30. The van der Waals surface area contributed by atoms with Crippen molar-refractivity contribution in [1.29, 1.82) is 0 Å². The lowest BCUT2D eigenvalue weighted by Crippen LogP contribution is -2.49. The molecule has 0 saturated carbocycles. The molecule has 1 aromatic rings. The standard InChI is InChI=1S/C18H29N3O/c1-15(2)12-16-4-6-17(7-5-16)13-20(3)14-18(22)21-10-8-19-9-11-21/h4-7,15,19H,8-14H2,1-3H3. The molecule has 1 heterocycles. The van der Waals surface area contributed by atoms with E-state index in [0.717, 1.165) is 39.1 Å². The number of rotatable bonds is 6. The van der Waals surface area contributed by atoms with Gasteiger partial charge in [0.05, 0.1) is 6.54 Å². The maximum absolute atomic E-state index is 12.2. The minimum atomic E-state index is 0.237. The van der Waals surface area contributed by atoms with Crippen LogP contribution in [0.15, 0.2) is 24.3 Å². The molecule has 0 bridgehead atoms. The van der Waals surface area contributed by atoms with E-state index in [2.05, 4.69) is 48.3 Å². The number of carbonyl (C=O) groups excluding carboxylic acids is 1. The van der Waals surface area contributed by atoms with E-state index in [4.69, 9.17) is 0 Å². The topological polar surface area (TPSA) is 35.6 Å². The van der Waals surface area contributed by atoms with Crippen molar-refractivity contribution >= 4 is 5.91 Å². The lowest BCUT2D eigenvalue weighted by Gasteiger charge is -2.29. The number of piperazine rings is 1. The van der Waals surface area contributed by atoms with Crippen LogP contribution < -0.4 is 5.32 Å². The second-order valence-corrected chi connectivity index (χ2v) is 6.72. The Morgan fingerprint density at radius 1 is 1.18 bits per heavy atom. The quantitative estimate of drug-likeness (QED) is 0.870. The minimum Gasteiger partial charge on any atom is -0.339 e. The first-order valence-electron chi connectivity index (χ1n) is 8.29. The third-order valence-corrected chi connectivity index (χ3v) is 3.99. The Kier molecular flexibility index (Phi) is 6.40. The van der Waals surface area contributed by atoms with E-state index in [1.165, 1.54) is 11.1 Å². The van der Waals surface area contributed by atoms with Gasteiger partial charge < -0.3 is 10.2 Å². The molecule has 1 aliphatic rings. The summed E-state index contributed by atoms with van der Waals surface area (Å²) in [6.45, 7) is 9.27. The number of likely N-dealkylation sites (N-methyl/N-ethyl adjacent to an activating group) is 1. The maximum atomic E-state index is 12.2. The van der Waals surface area contributed by atoms with Crippen molar-refractivity contribution in [3.63, 3.8) is 0 Å². The fraction of sp³-hybridized carbons (Fsp3) is 0.611. The summed E-state index contributed by atoms with van der Waals surface area (Å²) in [7, 11) is 2.02. The summed E-state index contributed by atoms with van der Waals surface area (Å²) in [5.41, 5.74) is 2.65. The fourth-order valence-electron chi connectivity index (χ4n) is 2.86. The highest BCUT2D eigenvalue weighted by atomic mass is 16.2. The zero-order chi connectivity index (χ0) is 15.9. The summed E-state index contributed by atoms with van der Waals surface area (Å²) in [5, 5.41) is 3.27. The molecule has 0 spiro atoms. The first-order chi connectivity index (χ1) is 10.5. The van der Waals surface area contributed by atoms with Gasteiger partial charge in [-0.15, -0.1) is 0 Å². The average Bonchev–Trinajstić information content (AvgIpc) is 2.49. The molecule has 0 aliphatic carbocycles. The van der Waals surface area contributed by atoms with Crippen LogP contribution in [-0.2, 0) is 17.8 Å². The number of carbonyl (C=O) groups is 1. The molecule has 0 radical (unpaired) electrons. The molecule has 1 fully saturated rings. The molecule has 0 atom stereocenters. The van der Waals surface area contributed by atoms with Crippen LogP contribution >= 0.6 is 0 Å². The Hall–Kier alpha value is -1.39. The minimum absolute atomic E-state index is 0.237. The highest BCUT2D eigenvalue weighted by molar-refractivity contribution is 5.78. The van der Waals surface area contributed by atoms with E-state index in [-0.39, 0.29) is 5.91 Å². The zero-order valence-electron chi connectivity index (χ0n) is 14.1.